The Morgan fingerprint density at radius 3 is 1.39 bits per heavy atom. The van der Waals surface area contributed by atoms with Crippen LogP contribution in [0.3, 0.4) is 0 Å². The van der Waals surface area contributed by atoms with Gasteiger partial charge in [0.25, 0.3) is 0 Å². The molecule has 0 unspecified atom stereocenters. The van der Waals surface area contributed by atoms with Gasteiger partial charge in [-0.1, -0.05) is 55.5 Å². The molecule has 0 radical (unpaired) electrons. The Morgan fingerprint density at radius 2 is 0.964 bits per heavy atom. The van der Waals surface area contributed by atoms with Gasteiger partial charge in [-0.25, -0.2) is 0 Å². The molecule has 0 saturated carbocycles. The molecule has 4 aromatic carbocycles. The van der Waals surface area contributed by atoms with Crippen LogP contribution in [0.15, 0.2) is 48.5 Å². The lowest BCUT2D eigenvalue weighted by Crippen LogP contribution is -1.95. The molecule has 0 aromatic heterocycles. The topological polar surface area (TPSA) is 101 Å². The summed E-state index contributed by atoms with van der Waals surface area (Å²) in [6.07, 6.45) is 0.515. The summed E-state index contributed by atoms with van der Waals surface area (Å²) >= 11 is 0. The maximum Gasteiger partial charge on any atom is 0.166 e. The summed E-state index contributed by atoms with van der Waals surface area (Å²) in [5, 5.41) is 55.0. The number of hydrogen-bond acceptors (Lipinski definition) is 5. The summed E-state index contributed by atoms with van der Waals surface area (Å²) in [4.78, 5) is 0. The van der Waals surface area contributed by atoms with Crippen molar-refractivity contribution in [2.24, 2.45) is 0 Å². The number of fused-ring (bicyclic) bond motifs is 2. The van der Waals surface area contributed by atoms with Crippen LogP contribution in [-0.2, 0) is 13.0 Å². The van der Waals surface area contributed by atoms with E-state index in [0.29, 0.717) is 28.1 Å². The lowest BCUT2D eigenvalue weighted by molar-refractivity contribution is 0.275. The number of benzene rings is 4. The minimum atomic E-state index is -0.452. The minimum absolute atomic E-state index is 0.204. The molecule has 0 heterocycles. The molecule has 4 aromatic rings. The number of aromatic hydroxyl groups is 4. The number of aryl methyl sites for hydroxylation is 1. The third kappa shape index (κ3) is 2.37. The van der Waals surface area contributed by atoms with Crippen molar-refractivity contribution in [3.8, 4) is 34.1 Å². The average Bonchev–Trinajstić information content (AvgIpc) is 2.72. The number of aliphatic hydroxyl groups is 1. The zero-order chi connectivity index (χ0) is 20.0. The summed E-state index contributed by atoms with van der Waals surface area (Å²) < 4.78 is 0. The normalized spacial score (nSPS) is 11.4. The largest absolute Gasteiger partial charge is 0.504 e. The van der Waals surface area contributed by atoms with Gasteiger partial charge in [0.2, 0.25) is 0 Å². The van der Waals surface area contributed by atoms with Gasteiger partial charge >= 0.3 is 0 Å². The van der Waals surface area contributed by atoms with Crippen LogP contribution >= 0.6 is 0 Å². The third-order valence-electron chi connectivity index (χ3n) is 5.30. The molecule has 0 aliphatic heterocycles. The Kier molecular flexibility index (Phi) is 4.24. The van der Waals surface area contributed by atoms with Crippen LogP contribution in [-0.4, -0.2) is 25.5 Å². The van der Waals surface area contributed by atoms with E-state index in [4.69, 9.17) is 0 Å². The molecule has 5 nitrogen and oxygen atoms in total. The Labute approximate surface area is 161 Å². The van der Waals surface area contributed by atoms with Crippen LogP contribution in [0.5, 0.6) is 23.0 Å². The molecule has 0 bridgehead atoms. The number of rotatable bonds is 3. The van der Waals surface area contributed by atoms with Gasteiger partial charge in [-0.2, -0.15) is 0 Å². The predicted molar refractivity (Wildman–Crippen MR) is 109 cm³/mol. The number of aliphatic hydroxyl groups excluding tert-OH is 1. The van der Waals surface area contributed by atoms with Gasteiger partial charge in [0.15, 0.2) is 23.0 Å². The molecular formula is C23H20O5. The van der Waals surface area contributed by atoms with Crippen LogP contribution in [0.4, 0.5) is 0 Å². The average molecular weight is 376 g/mol. The van der Waals surface area contributed by atoms with E-state index in [1.807, 2.05) is 25.1 Å². The van der Waals surface area contributed by atoms with Gasteiger partial charge in [0, 0.05) is 22.3 Å². The van der Waals surface area contributed by atoms with E-state index in [2.05, 4.69) is 0 Å². The highest BCUT2D eigenvalue weighted by Gasteiger charge is 2.25. The molecule has 0 atom stereocenters. The molecule has 0 fully saturated rings. The lowest BCUT2D eigenvalue weighted by Gasteiger charge is -2.19. The SMILES string of the molecule is CCc1c(O)c(O)c(-c2c(O)c(O)c(CO)c3ccccc23)c2ccccc12. The fourth-order valence-electron chi connectivity index (χ4n) is 3.99. The van der Waals surface area contributed by atoms with E-state index in [9.17, 15) is 25.5 Å². The summed E-state index contributed by atoms with van der Waals surface area (Å²) in [6, 6.07) is 14.3. The van der Waals surface area contributed by atoms with Crippen molar-refractivity contribution in [1.82, 2.24) is 0 Å². The first kappa shape index (κ1) is 17.9. The van der Waals surface area contributed by atoms with Crippen LogP contribution in [0.1, 0.15) is 18.1 Å². The Balaban J connectivity index is 2.27. The van der Waals surface area contributed by atoms with Crippen LogP contribution in [0.25, 0.3) is 32.7 Å². The van der Waals surface area contributed by atoms with Crippen molar-refractivity contribution in [2.45, 2.75) is 20.0 Å². The van der Waals surface area contributed by atoms with Crippen LogP contribution in [0, 0.1) is 0 Å². The van der Waals surface area contributed by atoms with Gasteiger partial charge in [-0.15, -0.1) is 0 Å². The molecule has 0 aliphatic rings. The van der Waals surface area contributed by atoms with Crippen molar-refractivity contribution in [3.05, 3.63) is 59.7 Å². The molecule has 142 valence electrons. The van der Waals surface area contributed by atoms with E-state index < -0.39 is 18.1 Å². The zero-order valence-electron chi connectivity index (χ0n) is 15.3. The molecule has 5 heteroatoms. The second kappa shape index (κ2) is 6.62. The van der Waals surface area contributed by atoms with Gasteiger partial charge < -0.3 is 25.5 Å². The highest BCUT2D eigenvalue weighted by Crippen LogP contribution is 2.53. The highest BCUT2D eigenvalue weighted by atomic mass is 16.3. The molecule has 0 aliphatic carbocycles. The van der Waals surface area contributed by atoms with Gasteiger partial charge in [-0.05, 0) is 28.0 Å². The van der Waals surface area contributed by atoms with Crippen molar-refractivity contribution in [1.29, 1.82) is 0 Å². The number of phenolic OH excluding ortho intramolecular Hbond substituents is 3. The second-order valence-electron chi connectivity index (χ2n) is 6.70. The Bertz CT molecular complexity index is 1130. The fourth-order valence-corrected chi connectivity index (χ4v) is 3.99. The monoisotopic (exact) mass is 376 g/mol. The highest BCUT2D eigenvalue weighted by molar-refractivity contribution is 6.13. The lowest BCUT2D eigenvalue weighted by atomic mass is 9.87. The quantitative estimate of drug-likeness (QED) is 0.338. The van der Waals surface area contributed by atoms with Crippen LogP contribution in [0.2, 0.25) is 0 Å². The number of hydrogen-bond donors (Lipinski definition) is 5. The van der Waals surface area contributed by atoms with E-state index in [0.717, 1.165) is 5.39 Å². The summed E-state index contributed by atoms with van der Waals surface area (Å²) in [5.41, 5.74) is 1.25. The molecule has 0 spiro atoms. The second-order valence-corrected chi connectivity index (χ2v) is 6.70. The van der Waals surface area contributed by atoms with E-state index in [-0.39, 0.29) is 28.2 Å². The molecule has 0 saturated heterocycles. The van der Waals surface area contributed by atoms with Gasteiger partial charge in [0.1, 0.15) is 0 Å². The van der Waals surface area contributed by atoms with Crippen molar-refractivity contribution in [2.75, 3.05) is 0 Å². The third-order valence-corrected chi connectivity index (χ3v) is 5.30. The first-order valence-corrected chi connectivity index (χ1v) is 9.03. The molecule has 4 rings (SSSR count). The maximum atomic E-state index is 10.9. The van der Waals surface area contributed by atoms with E-state index >= 15 is 0 Å². The summed E-state index contributed by atoms with van der Waals surface area (Å²) in [5.74, 6) is -1.50. The van der Waals surface area contributed by atoms with Crippen molar-refractivity contribution in [3.63, 3.8) is 0 Å². The first-order chi connectivity index (χ1) is 13.5. The number of phenols is 4. The smallest absolute Gasteiger partial charge is 0.166 e. The Hall–Kier alpha value is -3.44. The predicted octanol–water partition coefficient (Wildman–Crippen LogP) is 4.54. The molecular weight excluding hydrogens is 356 g/mol. The zero-order valence-corrected chi connectivity index (χ0v) is 15.3. The molecule has 0 amide bonds. The molecule has 28 heavy (non-hydrogen) atoms. The maximum absolute atomic E-state index is 10.9. The van der Waals surface area contributed by atoms with Gasteiger partial charge in [-0.3, -0.25) is 0 Å². The molecule has 5 N–H and O–H groups in total. The van der Waals surface area contributed by atoms with Crippen LogP contribution < -0.4 is 0 Å². The Morgan fingerprint density at radius 1 is 0.571 bits per heavy atom. The minimum Gasteiger partial charge on any atom is -0.504 e. The van der Waals surface area contributed by atoms with E-state index in [1.54, 1.807) is 30.3 Å². The first-order valence-electron chi connectivity index (χ1n) is 9.03. The van der Waals surface area contributed by atoms with E-state index in [1.165, 1.54) is 0 Å². The fraction of sp³-hybridized carbons (Fsp3) is 0.130. The summed E-state index contributed by atoms with van der Waals surface area (Å²) in [6.45, 7) is 1.43. The van der Waals surface area contributed by atoms with Crippen molar-refractivity contribution < 1.29 is 25.5 Å². The standard InChI is InChI=1S/C23H20O5/c1-2-12-13-7-3-5-9-15(13)18(22(27)20(12)25)19-16-10-6-4-8-14(16)17(11-24)21(26)23(19)28/h3-10,24-28H,2,11H2,1H3. The van der Waals surface area contributed by atoms with Crippen molar-refractivity contribution >= 4 is 21.5 Å². The van der Waals surface area contributed by atoms with Gasteiger partial charge in [0.05, 0.1) is 6.61 Å². The summed E-state index contributed by atoms with van der Waals surface area (Å²) in [7, 11) is 0.